The van der Waals surface area contributed by atoms with Crippen LogP contribution in [0.1, 0.15) is 63.5 Å². The van der Waals surface area contributed by atoms with Gasteiger partial charge in [0.05, 0.1) is 21.3 Å². The zero-order valence-electron chi connectivity index (χ0n) is 22.2. The van der Waals surface area contributed by atoms with Gasteiger partial charge in [-0.05, 0) is 95.6 Å². The number of nitrogens with zero attached hydrogens (tertiary/aromatic N) is 1. The molecule has 2 fully saturated rings. The van der Waals surface area contributed by atoms with Crippen molar-refractivity contribution < 1.29 is 14.2 Å². The van der Waals surface area contributed by atoms with Gasteiger partial charge < -0.3 is 19.9 Å². The molecule has 3 aromatic rings. The molecule has 0 aromatic heterocycles. The molecule has 1 saturated carbocycles. The van der Waals surface area contributed by atoms with Crippen LogP contribution in [-0.4, -0.2) is 44.9 Å². The highest BCUT2D eigenvalue weighted by molar-refractivity contribution is 6.12. The van der Waals surface area contributed by atoms with Crippen LogP contribution in [0.25, 0.3) is 21.5 Å². The molecule has 0 amide bonds. The Hall–Kier alpha value is -2.50. The first kappa shape index (κ1) is 25.6. The first-order valence-electron chi connectivity index (χ1n) is 13.3. The van der Waals surface area contributed by atoms with Crippen LogP contribution in [-0.2, 0) is 13.0 Å². The van der Waals surface area contributed by atoms with Gasteiger partial charge in [0, 0.05) is 18.6 Å². The third-order valence-corrected chi connectivity index (χ3v) is 7.75. The van der Waals surface area contributed by atoms with Crippen molar-refractivity contribution in [2.45, 2.75) is 77.4 Å². The second-order valence-corrected chi connectivity index (χ2v) is 9.64. The molecular formula is C30H42N2O3. The smallest absolute Gasteiger partial charge is 0.161 e. The first-order valence-corrected chi connectivity index (χ1v) is 13.3. The van der Waals surface area contributed by atoms with Crippen LogP contribution in [0.5, 0.6) is 17.2 Å². The Balaban J connectivity index is 0.000000313. The molecule has 0 spiro atoms. The van der Waals surface area contributed by atoms with Crippen molar-refractivity contribution in [1.29, 1.82) is 0 Å². The number of rotatable bonds is 3. The number of hydrogen-bond acceptors (Lipinski definition) is 5. The highest BCUT2D eigenvalue weighted by Crippen LogP contribution is 2.44. The van der Waals surface area contributed by atoms with Gasteiger partial charge in [0.15, 0.2) is 11.5 Å². The fraction of sp³-hybridized carbons (Fsp3) is 0.533. The highest BCUT2D eigenvalue weighted by atomic mass is 16.5. The van der Waals surface area contributed by atoms with Crippen molar-refractivity contribution in [1.82, 2.24) is 4.90 Å². The minimum Gasteiger partial charge on any atom is -0.497 e. The second-order valence-electron chi connectivity index (χ2n) is 9.64. The molecule has 35 heavy (non-hydrogen) atoms. The van der Waals surface area contributed by atoms with E-state index in [4.69, 9.17) is 19.9 Å². The van der Waals surface area contributed by atoms with E-state index in [9.17, 15) is 0 Å². The molecule has 5 nitrogen and oxygen atoms in total. The van der Waals surface area contributed by atoms with Gasteiger partial charge >= 0.3 is 0 Å². The van der Waals surface area contributed by atoms with Crippen LogP contribution in [0.4, 0.5) is 0 Å². The van der Waals surface area contributed by atoms with Crippen molar-refractivity contribution in [3.05, 3.63) is 41.5 Å². The molecule has 5 heteroatoms. The van der Waals surface area contributed by atoms with E-state index in [0.29, 0.717) is 12.1 Å². The van der Waals surface area contributed by atoms with Crippen molar-refractivity contribution in [3.8, 4) is 17.2 Å². The average molecular weight is 479 g/mol. The number of nitrogens with two attached hydrogens (primary N) is 1. The van der Waals surface area contributed by atoms with Crippen molar-refractivity contribution in [3.63, 3.8) is 0 Å². The monoisotopic (exact) mass is 478 g/mol. The predicted octanol–water partition coefficient (Wildman–Crippen LogP) is 6.45. The molecule has 2 aliphatic heterocycles. The Morgan fingerprint density at radius 2 is 1.40 bits per heavy atom. The molecule has 190 valence electrons. The van der Waals surface area contributed by atoms with Gasteiger partial charge in [-0.3, -0.25) is 4.90 Å². The Kier molecular flexibility index (Phi) is 8.40. The van der Waals surface area contributed by atoms with Crippen molar-refractivity contribution >= 4 is 21.5 Å². The Morgan fingerprint density at radius 1 is 0.743 bits per heavy atom. The summed E-state index contributed by atoms with van der Waals surface area (Å²) in [5.41, 5.74) is 8.48. The highest BCUT2D eigenvalue weighted by Gasteiger charge is 2.32. The summed E-state index contributed by atoms with van der Waals surface area (Å²) < 4.78 is 16.7. The van der Waals surface area contributed by atoms with Gasteiger partial charge in [0.2, 0.25) is 0 Å². The average Bonchev–Trinajstić information content (AvgIpc) is 3.59. The number of fused-ring (bicyclic) bond motifs is 7. The van der Waals surface area contributed by atoms with E-state index in [1.807, 2.05) is 13.8 Å². The number of benzene rings is 3. The van der Waals surface area contributed by atoms with Crippen LogP contribution < -0.4 is 19.9 Å². The summed E-state index contributed by atoms with van der Waals surface area (Å²) in [4.78, 5) is 2.65. The SMILES string of the molecule is CC.COc1ccc2c3c(c4cc(OC)c(OC)cc4c2c1)CN1CCCC1C3.NC1CCCC1. The summed E-state index contributed by atoms with van der Waals surface area (Å²) in [7, 11) is 5.12. The molecule has 3 aromatic carbocycles. The zero-order chi connectivity index (χ0) is 24.9. The maximum Gasteiger partial charge on any atom is 0.161 e. The summed E-state index contributed by atoms with van der Waals surface area (Å²) in [5.74, 6) is 2.44. The molecule has 1 saturated heterocycles. The van der Waals surface area contributed by atoms with Gasteiger partial charge in [-0.15, -0.1) is 0 Å². The Labute approximate surface area is 210 Å². The topological polar surface area (TPSA) is 57.0 Å². The molecule has 1 unspecified atom stereocenters. The maximum absolute atomic E-state index is 5.62. The lowest BCUT2D eigenvalue weighted by Gasteiger charge is -2.33. The van der Waals surface area contributed by atoms with E-state index in [-0.39, 0.29) is 0 Å². The largest absolute Gasteiger partial charge is 0.497 e. The van der Waals surface area contributed by atoms with E-state index < -0.39 is 0 Å². The molecule has 6 rings (SSSR count). The van der Waals surface area contributed by atoms with Crippen molar-refractivity contribution in [2.24, 2.45) is 5.73 Å². The van der Waals surface area contributed by atoms with E-state index in [2.05, 4.69) is 35.2 Å². The summed E-state index contributed by atoms with van der Waals surface area (Å²) in [6, 6.07) is 12.0. The lowest BCUT2D eigenvalue weighted by Crippen LogP contribution is -2.35. The molecule has 2 N–H and O–H groups in total. The third-order valence-electron chi connectivity index (χ3n) is 7.75. The second kappa shape index (κ2) is 11.5. The minimum atomic E-state index is 0.546. The van der Waals surface area contributed by atoms with E-state index >= 15 is 0 Å². The van der Waals surface area contributed by atoms with Gasteiger partial charge in [-0.1, -0.05) is 32.8 Å². The first-order chi connectivity index (χ1) is 17.1. The number of methoxy groups -OCH3 is 3. The molecule has 3 aliphatic rings. The van der Waals surface area contributed by atoms with Gasteiger partial charge in [0.1, 0.15) is 5.75 Å². The number of ether oxygens (including phenoxy) is 3. The molecular weight excluding hydrogens is 436 g/mol. The fourth-order valence-electron chi connectivity index (χ4n) is 5.96. The summed E-state index contributed by atoms with van der Waals surface area (Å²) in [6.45, 7) is 6.23. The van der Waals surface area contributed by atoms with Crippen LogP contribution in [0.3, 0.4) is 0 Å². The lowest BCUT2D eigenvalue weighted by atomic mass is 9.85. The summed E-state index contributed by atoms with van der Waals surface area (Å²) in [6.07, 6.45) is 8.99. The molecule has 1 atom stereocenters. The quantitative estimate of drug-likeness (QED) is 0.438. The van der Waals surface area contributed by atoms with Crippen LogP contribution in [0.15, 0.2) is 30.3 Å². The molecule has 0 bridgehead atoms. The van der Waals surface area contributed by atoms with Crippen LogP contribution in [0.2, 0.25) is 0 Å². The molecule has 2 heterocycles. The third kappa shape index (κ3) is 5.07. The number of hydrogen-bond donors (Lipinski definition) is 1. The normalized spacial score (nSPS) is 19.3. The van der Waals surface area contributed by atoms with Gasteiger partial charge in [-0.2, -0.15) is 0 Å². The maximum atomic E-state index is 5.62. The Morgan fingerprint density at radius 3 is 2.00 bits per heavy atom. The van der Waals surface area contributed by atoms with Crippen LogP contribution in [0, 0.1) is 0 Å². The predicted molar refractivity (Wildman–Crippen MR) is 146 cm³/mol. The zero-order valence-corrected chi connectivity index (χ0v) is 22.2. The van der Waals surface area contributed by atoms with Gasteiger partial charge in [-0.25, -0.2) is 0 Å². The fourth-order valence-corrected chi connectivity index (χ4v) is 5.96. The minimum absolute atomic E-state index is 0.546. The van der Waals surface area contributed by atoms with Gasteiger partial charge in [0.25, 0.3) is 0 Å². The lowest BCUT2D eigenvalue weighted by molar-refractivity contribution is 0.229. The van der Waals surface area contributed by atoms with E-state index in [1.54, 1.807) is 21.3 Å². The standard InChI is InChI=1S/C23H25NO3.C5H11N.C2H6/c1-25-15-6-7-16-17-9-14-5-4-8-24(14)13-21(17)20-12-23(27-3)22(26-2)11-19(20)18(16)10-15;6-5-3-1-2-4-5;1-2/h6-7,10-12,14H,4-5,8-9,13H2,1-3H3;5H,1-4,6H2;1-2H3. The summed E-state index contributed by atoms with van der Waals surface area (Å²) >= 11 is 0. The molecule has 1 aliphatic carbocycles. The van der Waals surface area contributed by atoms with Crippen LogP contribution >= 0.6 is 0 Å². The Bertz CT molecular complexity index is 1150. The summed E-state index contributed by atoms with van der Waals surface area (Å²) in [5, 5.41) is 5.05. The van der Waals surface area contributed by atoms with E-state index in [1.165, 1.54) is 77.7 Å². The van der Waals surface area contributed by atoms with Crippen molar-refractivity contribution in [2.75, 3.05) is 27.9 Å². The van der Waals surface area contributed by atoms with E-state index in [0.717, 1.165) is 30.2 Å². The molecule has 0 radical (unpaired) electrons.